The summed E-state index contributed by atoms with van der Waals surface area (Å²) >= 11 is 6.09. The van der Waals surface area contributed by atoms with Crippen LogP contribution in [0, 0.1) is 0 Å². The lowest BCUT2D eigenvalue weighted by Gasteiger charge is -2.36. The first-order valence-corrected chi connectivity index (χ1v) is 9.33. The number of carbonyl (C=O) groups excluding carboxylic acids is 2. The van der Waals surface area contributed by atoms with Crippen molar-refractivity contribution in [1.29, 1.82) is 0 Å². The number of nitrogens with one attached hydrogen (secondary N) is 1. The summed E-state index contributed by atoms with van der Waals surface area (Å²) in [5, 5.41) is 3.44. The van der Waals surface area contributed by atoms with E-state index in [2.05, 4.69) is 5.32 Å². The molecule has 1 aromatic rings. The van der Waals surface area contributed by atoms with E-state index in [1.54, 1.807) is 17.9 Å². The van der Waals surface area contributed by atoms with Gasteiger partial charge in [-0.25, -0.2) is 4.79 Å². The molecular weight excluding hydrogens is 358 g/mol. The van der Waals surface area contributed by atoms with Gasteiger partial charge in [0.1, 0.15) is 12.4 Å². The van der Waals surface area contributed by atoms with E-state index in [0.717, 1.165) is 24.3 Å². The summed E-state index contributed by atoms with van der Waals surface area (Å²) in [5.74, 6) is 0.780. The molecule has 2 heterocycles. The van der Waals surface area contributed by atoms with Crippen molar-refractivity contribution in [2.24, 2.45) is 0 Å². The second-order valence-corrected chi connectivity index (χ2v) is 6.86. The lowest BCUT2D eigenvalue weighted by Crippen LogP contribution is -2.52. The molecule has 1 aromatic carbocycles. The molecule has 1 saturated heterocycles. The van der Waals surface area contributed by atoms with Crippen molar-refractivity contribution in [3.05, 3.63) is 23.2 Å². The third-order valence-corrected chi connectivity index (χ3v) is 4.81. The zero-order chi connectivity index (χ0) is 18.5. The monoisotopic (exact) mass is 381 g/mol. The van der Waals surface area contributed by atoms with Gasteiger partial charge >= 0.3 is 6.09 Å². The fraction of sp³-hybridized carbons (Fsp3) is 0.556. The van der Waals surface area contributed by atoms with Gasteiger partial charge in [0, 0.05) is 24.2 Å². The molecule has 26 heavy (non-hydrogen) atoms. The predicted octanol–water partition coefficient (Wildman–Crippen LogP) is 2.28. The maximum atomic E-state index is 12.8. The number of piperidine rings is 1. The minimum Gasteiger partial charge on any atom is -0.490 e. The molecule has 0 bridgehead atoms. The standard InChI is InChI=1S/C18H24ClN3O4/c1-2-25-18(24)20-14-4-3-7-22(11-14)17(23)12-21-8-9-26-16-6-5-13(19)10-15(16)21/h5-6,10,14H,2-4,7-9,11-12H2,1H3,(H,20,24)/t14-/m1/s1. The Hall–Kier alpha value is -2.15. The molecule has 0 unspecified atom stereocenters. The van der Waals surface area contributed by atoms with Crippen LogP contribution in [0.15, 0.2) is 18.2 Å². The molecule has 1 atom stereocenters. The van der Waals surface area contributed by atoms with Crippen LogP contribution in [0.4, 0.5) is 10.5 Å². The largest absolute Gasteiger partial charge is 0.490 e. The van der Waals surface area contributed by atoms with Gasteiger partial charge in [-0.2, -0.15) is 0 Å². The van der Waals surface area contributed by atoms with Gasteiger partial charge in [-0.05, 0) is 38.0 Å². The Balaban J connectivity index is 1.60. The molecule has 0 saturated carbocycles. The summed E-state index contributed by atoms with van der Waals surface area (Å²) in [7, 11) is 0. The maximum Gasteiger partial charge on any atom is 0.407 e. The number of hydrogen-bond acceptors (Lipinski definition) is 5. The van der Waals surface area contributed by atoms with Gasteiger partial charge in [0.2, 0.25) is 5.91 Å². The third kappa shape index (κ3) is 4.52. The summed E-state index contributed by atoms with van der Waals surface area (Å²) in [6, 6.07) is 5.36. The molecule has 2 aliphatic heterocycles. The van der Waals surface area contributed by atoms with E-state index in [-0.39, 0.29) is 18.5 Å². The van der Waals surface area contributed by atoms with Gasteiger partial charge in [-0.3, -0.25) is 4.79 Å². The molecule has 8 heteroatoms. The van der Waals surface area contributed by atoms with Crippen LogP contribution in [0.2, 0.25) is 5.02 Å². The number of anilines is 1. The lowest BCUT2D eigenvalue weighted by atomic mass is 10.1. The number of alkyl carbamates (subject to hydrolysis) is 1. The maximum absolute atomic E-state index is 12.8. The number of ether oxygens (including phenoxy) is 2. The Kier molecular flexibility index (Phi) is 6.08. The van der Waals surface area contributed by atoms with Crippen LogP contribution in [0.1, 0.15) is 19.8 Å². The smallest absolute Gasteiger partial charge is 0.407 e. The lowest BCUT2D eigenvalue weighted by molar-refractivity contribution is -0.131. The third-order valence-electron chi connectivity index (χ3n) is 4.58. The Bertz CT molecular complexity index is 670. The fourth-order valence-electron chi connectivity index (χ4n) is 3.33. The summed E-state index contributed by atoms with van der Waals surface area (Å²) in [4.78, 5) is 28.2. The second kappa shape index (κ2) is 8.49. The number of hydrogen-bond donors (Lipinski definition) is 1. The molecular formula is C18H24ClN3O4. The average Bonchev–Trinajstić information content (AvgIpc) is 2.62. The average molecular weight is 382 g/mol. The molecule has 142 valence electrons. The van der Waals surface area contributed by atoms with E-state index in [1.807, 2.05) is 17.0 Å². The molecule has 0 radical (unpaired) electrons. The van der Waals surface area contributed by atoms with Crippen LogP contribution in [0.3, 0.4) is 0 Å². The molecule has 2 aliphatic rings. The molecule has 1 fully saturated rings. The highest BCUT2D eigenvalue weighted by molar-refractivity contribution is 6.31. The van der Waals surface area contributed by atoms with Crippen molar-refractivity contribution < 1.29 is 19.1 Å². The quantitative estimate of drug-likeness (QED) is 0.866. The van der Waals surface area contributed by atoms with E-state index in [4.69, 9.17) is 21.1 Å². The summed E-state index contributed by atoms with van der Waals surface area (Å²) in [6.07, 6.45) is 1.27. The van der Waals surface area contributed by atoms with E-state index >= 15 is 0 Å². The number of rotatable bonds is 4. The summed E-state index contributed by atoms with van der Waals surface area (Å²) in [5.41, 5.74) is 0.843. The highest BCUT2D eigenvalue weighted by Crippen LogP contribution is 2.33. The Morgan fingerprint density at radius 2 is 2.23 bits per heavy atom. The zero-order valence-corrected chi connectivity index (χ0v) is 15.6. The number of amides is 2. The minimum absolute atomic E-state index is 0.0354. The number of likely N-dealkylation sites (tertiary alicyclic amines) is 1. The van der Waals surface area contributed by atoms with E-state index in [0.29, 0.717) is 37.9 Å². The van der Waals surface area contributed by atoms with Crippen molar-refractivity contribution >= 4 is 29.3 Å². The van der Waals surface area contributed by atoms with Crippen molar-refractivity contribution in [3.63, 3.8) is 0 Å². The van der Waals surface area contributed by atoms with Crippen molar-refractivity contribution in [1.82, 2.24) is 10.2 Å². The summed E-state index contributed by atoms with van der Waals surface area (Å²) < 4.78 is 10.6. The van der Waals surface area contributed by atoms with Crippen molar-refractivity contribution in [2.75, 3.05) is 44.3 Å². The second-order valence-electron chi connectivity index (χ2n) is 6.43. The molecule has 1 N–H and O–H groups in total. The highest BCUT2D eigenvalue weighted by atomic mass is 35.5. The first kappa shape index (κ1) is 18.6. The van der Waals surface area contributed by atoms with E-state index in [1.165, 1.54) is 0 Å². The fourth-order valence-corrected chi connectivity index (χ4v) is 3.50. The first-order valence-electron chi connectivity index (χ1n) is 8.95. The van der Waals surface area contributed by atoms with Crippen LogP contribution in [0.25, 0.3) is 0 Å². The Morgan fingerprint density at radius 3 is 3.04 bits per heavy atom. The molecule has 0 aliphatic carbocycles. The number of fused-ring (bicyclic) bond motifs is 1. The van der Waals surface area contributed by atoms with Crippen LogP contribution in [-0.4, -0.2) is 62.3 Å². The van der Waals surface area contributed by atoms with Gasteiger partial charge < -0.3 is 24.6 Å². The Morgan fingerprint density at radius 1 is 1.38 bits per heavy atom. The van der Waals surface area contributed by atoms with Gasteiger partial charge in [-0.15, -0.1) is 0 Å². The van der Waals surface area contributed by atoms with Gasteiger partial charge in [0.15, 0.2) is 0 Å². The normalized spacial score (nSPS) is 19.4. The van der Waals surface area contributed by atoms with E-state index < -0.39 is 6.09 Å². The van der Waals surface area contributed by atoms with Gasteiger partial charge in [0.05, 0.1) is 25.4 Å². The van der Waals surface area contributed by atoms with Crippen molar-refractivity contribution in [3.8, 4) is 5.75 Å². The number of carbonyl (C=O) groups is 2. The SMILES string of the molecule is CCOC(=O)N[C@@H]1CCCN(C(=O)CN2CCOc3ccc(Cl)cc32)C1. The molecule has 0 spiro atoms. The topological polar surface area (TPSA) is 71.1 Å². The Labute approximate surface area is 158 Å². The molecule has 3 rings (SSSR count). The number of nitrogens with zero attached hydrogens (tertiary/aromatic N) is 2. The predicted molar refractivity (Wildman–Crippen MR) is 98.9 cm³/mol. The van der Waals surface area contributed by atoms with Crippen LogP contribution < -0.4 is 15.0 Å². The molecule has 2 amide bonds. The minimum atomic E-state index is -0.427. The number of benzene rings is 1. The van der Waals surface area contributed by atoms with Gasteiger partial charge in [-0.1, -0.05) is 11.6 Å². The van der Waals surface area contributed by atoms with Crippen molar-refractivity contribution in [2.45, 2.75) is 25.8 Å². The number of halogens is 1. The van der Waals surface area contributed by atoms with E-state index in [9.17, 15) is 9.59 Å². The van der Waals surface area contributed by atoms with Crippen LogP contribution >= 0.6 is 11.6 Å². The zero-order valence-electron chi connectivity index (χ0n) is 14.9. The highest BCUT2D eigenvalue weighted by Gasteiger charge is 2.28. The molecule has 7 nitrogen and oxygen atoms in total. The van der Waals surface area contributed by atoms with Crippen LogP contribution in [0.5, 0.6) is 5.75 Å². The summed E-state index contributed by atoms with van der Waals surface area (Å²) in [6.45, 7) is 4.75. The molecule has 0 aromatic heterocycles. The first-order chi connectivity index (χ1) is 12.6. The van der Waals surface area contributed by atoms with Crippen LogP contribution in [-0.2, 0) is 9.53 Å². The van der Waals surface area contributed by atoms with Gasteiger partial charge in [0.25, 0.3) is 0 Å².